The molecule has 16 heavy (non-hydrogen) atoms. The van der Waals surface area contributed by atoms with Crippen LogP contribution in [-0.4, -0.2) is 13.7 Å². The van der Waals surface area contributed by atoms with Crippen molar-refractivity contribution < 1.29 is 8.42 Å². The van der Waals surface area contributed by atoms with Gasteiger partial charge in [-0.1, -0.05) is 19.1 Å². The quantitative estimate of drug-likeness (QED) is 0.808. The average molecular weight is 237 g/mol. The van der Waals surface area contributed by atoms with E-state index in [2.05, 4.69) is 0 Å². The predicted octanol–water partition coefficient (Wildman–Crippen LogP) is 2.46. The lowest BCUT2D eigenvalue weighted by Crippen LogP contribution is -2.20. The molecule has 1 aromatic carbocycles. The number of hydrogen-bond donors (Lipinski definition) is 0. The van der Waals surface area contributed by atoms with Crippen molar-refractivity contribution in [1.29, 1.82) is 5.26 Å². The van der Waals surface area contributed by atoms with Crippen LogP contribution in [0.5, 0.6) is 0 Å². The molecule has 0 saturated heterocycles. The van der Waals surface area contributed by atoms with Gasteiger partial charge in [0.25, 0.3) is 0 Å². The van der Waals surface area contributed by atoms with Crippen molar-refractivity contribution in [3.63, 3.8) is 0 Å². The summed E-state index contributed by atoms with van der Waals surface area (Å²) in [6.45, 7) is 3.64. The molecule has 0 aliphatic rings. The molecule has 0 aliphatic carbocycles. The van der Waals surface area contributed by atoms with Crippen LogP contribution in [0.4, 0.5) is 0 Å². The maximum absolute atomic E-state index is 12.2. The van der Waals surface area contributed by atoms with Gasteiger partial charge in [-0.25, -0.2) is 8.42 Å². The van der Waals surface area contributed by atoms with Crippen LogP contribution in [0.1, 0.15) is 25.3 Å². The van der Waals surface area contributed by atoms with Crippen molar-refractivity contribution in [2.75, 3.05) is 0 Å². The molecular formula is C12H15NO2S. The maximum atomic E-state index is 12.2. The third-order valence-corrected chi connectivity index (χ3v) is 4.82. The van der Waals surface area contributed by atoms with Crippen molar-refractivity contribution in [2.24, 2.45) is 0 Å². The lowest BCUT2D eigenvalue weighted by atomic mass is 10.2. The molecule has 1 unspecified atom stereocenters. The number of hydrogen-bond acceptors (Lipinski definition) is 3. The van der Waals surface area contributed by atoms with Gasteiger partial charge in [0.15, 0.2) is 9.84 Å². The molecule has 0 aliphatic heterocycles. The first-order valence-corrected chi connectivity index (χ1v) is 6.74. The van der Waals surface area contributed by atoms with E-state index in [1.54, 1.807) is 25.1 Å². The number of nitrogens with zero attached hydrogens (tertiary/aromatic N) is 1. The van der Waals surface area contributed by atoms with Crippen LogP contribution in [-0.2, 0) is 9.84 Å². The number of aryl methyl sites for hydroxylation is 1. The van der Waals surface area contributed by atoms with E-state index in [1.807, 2.05) is 19.1 Å². The second-order valence-corrected chi connectivity index (χ2v) is 5.98. The molecule has 0 radical (unpaired) electrons. The zero-order valence-electron chi connectivity index (χ0n) is 9.47. The molecule has 0 spiro atoms. The fourth-order valence-electron chi connectivity index (χ4n) is 1.56. The van der Waals surface area contributed by atoms with E-state index in [1.165, 1.54) is 0 Å². The SMILES string of the molecule is CCC(CC#N)S(=O)(=O)c1cccc(C)c1. The van der Waals surface area contributed by atoms with Gasteiger partial charge in [0.05, 0.1) is 22.6 Å². The van der Waals surface area contributed by atoms with Gasteiger partial charge in [0.2, 0.25) is 0 Å². The summed E-state index contributed by atoms with van der Waals surface area (Å²) in [5, 5.41) is 8.02. The lowest BCUT2D eigenvalue weighted by Gasteiger charge is -2.12. The highest BCUT2D eigenvalue weighted by Crippen LogP contribution is 2.21. The van der Waals surface area contributed by atoms with Crippen LogP contribution >= 0.6 is 0 Å². The Bertz CT molecular complexity index is 500. The molecule has 1 aromatic rings. The van der Waals surface area contributed by atoms with Crippen LogP contribution in [0.25, 0.3) is 0 Å². The summed E-state index contributed by atoms with van der Waals surface area (Å²) in [6, 6.07) is 8.74. The summed E-state index contributed by atoms with van der Waals surface area (Å²) in [5.74, 6) is 0. The summed E-state index contributed by atoms with van der Waals surface area (Å²) in [6.07, 6.45) is 0.511. The summed E-state index contributed by atoms with van der Waals surface area (Å²) in [7, 11) is -3.36. The van der Waals surface area contributed by atoms with Crippen molar-refractivity contribution in [3.05, 3.63) is 29.8 Å². The van der Waals surface area contributed by atoms with Gasteiger partial charge >= 0.3 is 0 Å². The zero-order chi connectivity index (χ0) is 12.2. The maximum Gasteiger partial charge on any atom is 0.182 e. The Balaban J connectivity index is 3.16. The van der Waals surface area contributed by atoms with Crippen molar-refractivity contribution in [1.82, 2.24) is 0 Å². The van der Waals surface area contributed by atoms with Gasteiger partial charge in [-0.05, 0) is 31.0 Å². The monoisotopic (exact) mass is 237 g/mol. The summed E-state index contributed by atoms with van der Waals surface area (Å²) in [5.41, 5.74) is 0.910. The number of sulfone groups is 1. The average Bonchev–Trinajstić information content (AvgIpc) is 2.25. The van der Waals surface area contributed by atoms with Crippen molar-refractivity contribution >= 4 is 9.84 Å². The van der Waals surface area contributed by atoms with E-state index in [9.17, 15) is 8.42 Å². The molecular weight excluding hydrogens is 222 g/mol. The van der Waals surface area contributed by atoms with E-state index in [-0.39, 0.29) is 6.42 Å². The Kier molecular flexibility index (Phi) is 4.08. The minimum Gasteiger partial charge on any atom is -0.223 e. The molecule has 3 nitrogen and oxygen atoms in total. The van der Waals surface area contributed by atoms with E-state index in [0.29, 0.717) is 11.3 Å². The van der Waals surface area contributed by atoms with E-state index in [4.69, 9.17) is 5.26 Å². The minimum absolute atomic E-state index is 0.0484. The standard InChI is InChI=1S/C12H15NO2S/c1-3-11(7-8-13)16(14,15)12-6-4-5-10(2)9-12/h4-6,9,11H,3,7H2,1-2H3. The third kappa shape index (κ3) is 2.61. The molecule has 86 valence electrons. The van der Waals surface area contributed by atoms with Crippen LogP contribution < -0.4 is 0 Å². The normalized spacial score (nSPS) is 13.1. The number of nitriles is 1. The first kappa shape index (κ1) is 12.7. The first-order valence-electron chi connectivity index (χ1n) is 5.20. The predicted molar refractivity (Wildman–Crippen MR) is 62.7 cm³/mol. The molecule has 0 heterocycles. The van der Waals surface area contributed by atoms with E-state index >= 15 is 0 Å². The summed E-state index contributed by atoms with van der Waals surface area (Å²) in [4.78, 5) is 0.314. The molecule has 0 N–H and O–H groups in total. The number of benzene rings is 1. The summed E-state index contributed by atoms with van der Waals surface area (Å²) >= 11 is 0. The van der Waals surface area contributed by atoms with Gasteiger partial charge in [-0.3, -0.25) is 0 Å². The van der Waals surface area contributed by atoms with Crippen LogP contribution in [0.2, 0.25) is 0 Å². The lowest BCUT2D eigenvalue weighted by molar-refractivity contribution is 0.576. The van der Waals surface area contributed by atoms with Gasteiger partial charge in [-0.15, -0.1) is 0 Å². The van der Waals surface area contributed by atoms with E-state index in [0.717, 1.165) is 5.56 Å². The van der Waals surface area contributed by atoms with Gasteiger partial charge < -0.3 is 0 Å². The van der Waals surface area contributed by atoms with Gasteiger partial charge in [0, 0.05) is 0 Å². The second-order valence-electron chi connectivity index (χ2n) is 3.75. The smallest absolute Gasteiger partial charge is 0.182 e. The molecule has 0 bridgehead atoms. The Morgan fingerprint density at radius 2 is 2.12 bits per heavy atom. The molecule has 1 rings (SSSR count). The van der Waals surface area contributed by atoms with E-state index < -0.39 is 15.1 Å². The Labute approximate surface area is 96.6 Å². The minimum atomic E-state index is -3.36. The fraction of sp³-hybridized carbons (Fsp3) is 0.417. The zero-order valence-corrected chi connectivity index (χ0v) is 10.3. The second kappa shape index (κ2) is 5.13. The Morgan fingerprint density at radius 3 is 2.62 bits per heavy atom. The molecule has 0 aromatic heterocycles. The van der Waals surface area contributed by atoms with Crippen molar-refractivity contribution in [2.45, 2.75) is 36.8 Å². The highest BCUT2D eigenvalue weighted by molar-refractivity contribution is 7.92. The largest absolute Gasteiger partial charge is 0.223 e. The highest BCUT2D eigenvalue weighted by Gasteiger charge is 2.25. The molecule has 0 amide bonds. The summed E-state index contributed by atoms with van der Waals surface area (Å²) < 4.78 is 24.3. The highest BCUT2D eigenvalue weighted by atomic mass is 32.2. The van der Waals surface area contributed by atoms with Gasteiger partial charge in [-0.2, -0.15) is 5.26 Å². The van der Waals surface area contributed by atoms with Gasteiger partial charge in [0.1, 0.15) is 0 Å². The van der Waals surface area contributed by atoms with Crippen LogP contribution in [0.3, 0.4) is 0 Å². The number of rotatable bonds is 4. The van der Waals surface area contributed by atoms with Crippen molar-refractivity contribution in [3.8, 4) is 6.07 Å². The third-order valence-electron chi connectivity index (χ3n) is 2.53. The molecule has 1 atom stereocenters. The molecule has 0 fully saturated rings. The topological polar surface area (TPSA) is 57.9 Å². The van der Waals surface area contributed by atoms with Crippen LogP contribution in [0.15, 0.2) is 29.2 Å². The Morgan fingerprint density at radius 1 is 1.44 bits per heavy atom. The molecule has 4 heteroatoms. The first-order chi connectivity index (χ1) is 7.52. The Hall–Kier alpha value is -1.34. The van der Waals surface area contributed by atoms with Crippen LogP contribution in [0, 0.1) is 18.3 Å². The fourth-order valence-corrected chi connectivity index (χ4v) is 3.30. The molecule has 0 saturated carbocycles.